The summed E-state index contributed by atoms with van der Waals surface area (Å²) in [4.78, 5) is 0. The number of nitrogens with two attached hydrogens (primary N) is 1. The van der Waals surface area contributed by atoms with Crippen LogP contribution in [0, 0.1) is 6.92 Å². The molecule has 0 aliphatic carbocycles. The van der Waals surface area contributed by atoms with E-state index in [1.807, 2.05) is 36.4 Å². The first-order valence-corrected chi connectivity index (χ1v) is 6.48. The highest BCUT2D eigenvalue weighted by molar-refractivity contribution is 6.30. The van der Waals surface area contributed by atoms with Gasteiger partial charge in [-0.15, -0.1) is 0 Å². The Bertz CT molecular complexity index is 545. The summed E-state index contributed by atoms with van der Waals surface area (Å²) in [6, 6.07) is 15.4. The highest BCUT2D eigenvalue weighted by atomic mass is 35.5. The Morgan fingerprint density at radius 3 is 2.68 bits per heavy atom. The molecule has 0 amide bonds. The molecule has 3 N–H and O–H groups in total. The normalized spacial score (nSPS) is 12.2. The zero-order valence-corrected chi connectivity index (χ0v) is 11.5. The zero-order valence-electron chi connectivity index (χ0n) is 10.8. The van der Waals surface area contributed by atoms with Crippen LogP contribution < -0.4 is 16.0 Å². The maximum atomic E-state index is 5.92. The van der Waals surface area contributed by atoms with Gasteiger partial charge in [0, 0.05) is 5.02 Å². The number of hydrogen-bond acceptors (Lipinski definition) is 3. The predicted molar refractivity (Wildman–Crippen MR) is 78.2 cm³/mol. The van der Waals surface area contributed by atoms with Crippen molar-refractivity contribution in [3.63, 3.8) is 0 Å². The largest absolute Gasteiger partial charge is 0.492 e. The minimum Gasteiger partial charge on any atom is -0.492 e. The van der Waals surface area contributed by atoms with Crippen molar-refractivity contribution in [2.24, 2.45) is 5.84 Å². The molecule has 1 unspecified atom stereocenters. The third-order valence-corrected chi connectivity index (χ3v) is 3.21. The van der Waals surface area contributed by atoms with E-state index in [1.54, 1.807) is 6.07 Å². The van der Waals surface area contributed by atoms with Crippen LogP contribution in [-0.2, 0) is 0 Å². The first-order chi connectivity index (χ1) is 9.20. The molecule has 0 spiro atoms. The fourth-order valence-electron chi connectivity index (χ4n) is 1.94. The van der Waals surface area contributed by atoms with Gasteiger partial charge in [-0.3, -0.25) is 5.84 Å². The lowest BCUT2D eigenvalue weighted by molar-refractivity contribution is 0.267. The van der Waals surface area contributed by atoms with Crippen LogP contribution in [0.2, 0.25) is 5.02 Å². The molecule has 0 aliphatic heterocycles. The Kier molecular flexibility index (Phi) is 4.80. The molecule has 2 aromatic rings. The molecule has 3 nitrogen and oxygen atoms in total. The van der Waals surface area contributed by atoms with Gasteiger partial charge in [0.1, 0.15) is 12.4 Å². The van der Waals surface area contributed by atoms with Crippen molar-refractivity contribution in [2.75, 3.05) is 6.61 Å². The Labute approximate surface area is 118 Å². The molecule has 1 atom stereocenters. The molecule has 0 saturated heterocycles. The second kappa shape index (κ2) is 6.57. The number of aryl methyl sites for hydroxylation is 1. The van der Waals surface area contributed by atoms with Gasteiger partial charge >= 0.3 is 0 Å². The highest BCUT2D eigenvalue weighted by Crippen LogP contribution is 2.21. The van der Waals surface area contributed by atoms with E-state index in [9.17, 15) is 0 Å². The summed E-state index contributed by atoms with van der Waals surface area (Å²) >= 11 is 5.92. The van der Waals surface area contributed by atoms with Gasteiger partial charge in [-0.2, -0.15) is 0 Å². The number of hydrazine groups is 1. The third-order valence-electron chi connectivity index (χ3n) is 2.98. The van der Waals surface area contributed by atoms with Crippen molar-refractivity contribution in [3.8, 4) is 5.75 Å². The van der Waals surface area contributed by atoms with Crippen LogP contribution in [0.25, 0.3) is 0 Å². The number of hydrogen-bond donors (Lipinski definition) is 2. The summed E-state index contributed by atoms with van der Waals surface area (Å²) in [5.74, 6) is 6.35. The highest BCUT2D eigenvalue weighted by Gasteiger charge is 2.12. The molecule has 2 rings (SSSR count). The van der Waals surface area contributed by atoms with Crippen molar-refractivity contribution >= 4 is 11.6 Å². The van der Waals surface area contributed by atoms with Gasteiger partial charge in [-0.1, -0.05) is 41.9 Å². The number of ether oxygens (including phenoxy) is 1. The van der Waals surface area contributed by atoms with Crippen LogP contribution in [0.15, 0.2) is 48.5 Å². The molecule has 4 heteroatoms. The average Bonchev–Trinajstić information content (AvgIpc) is 2.41. The van der Waals surface area contributed by atoms with E-state index in [0.29, 0.717) is 11.6 Å². The number of nitrogens with one attached hydrogen (secondary N) is 1. The van der Waals surface area contributed by atoms with Crippen LogP contribution in [-0.4, -0.2) is 6.61 Å². The third kappa shape index (κ3) is 3.70. The van der Waals surface area contributed by atoms with Gasteiger partial charge in [0.25, 0.3) is 0 Å². The molecular weight excluding hydrogens is 260 g/mol. The van der Waals surface area contributed by atoms with Crippen molar-refractivity contribution in [2.45, 2.75) is 13.0 Å². The summed E-state index contributed by atoms with van der Waals surface area (Å²) in [5, 5.41) is 0.658. The topological polar surface area (TPSA) is 47.3 Å². The molecular formula is C15H17ClN2O. The summed E-state index contributed by atoms with van der Waals surface area (Å²) < 4.78 is 5.72. The molecule has 0 radical (unpaired) electrons. The van der Waals surface area contributed by atoms with Crippen LogP contribution >= 0.6 is 11.6 Å². The molecule has 19 heavy (non-hydrogen) atoms. The van der Waals surface area contributed by atoms with E-state index in [0.717, 1.165) is 11.3 Å². The van der Waals surface area contributed by atoms with Crippen molar-refractivity contribution in [3.05, 3.63) is 64.7 Å². The quantitative estimate of drug-likeness (QED) is 0.651. The molecule has 100 valence electrons. The molecule has 0 aliphatic rings. The lowest BCUT2D eigenvalue weighted by atomic mass is 10.0. The summed E-state index contributed by atoms with van der Waals surface area (Å²) in [6.45, 7) is 2.50. The van der Waals surface area contributed by atoms with Crippen LogP contribution in [0.5, 0.6) is 5.75 Å². The summed E-state index contributed by atoms with van der Waals surface area (Å²) in [6.07, 6.45) is 0. The molecule has 0 saturated carbocycles. The maximum Gasteiger partial charge on any atom is 0.120 e. The van der Waals surface area contributed by atoms with Crippen LogP contribution in [0.1, 0.15) is 17.2 Å². The number of rotatable bonds is 5. The van der Waals surface area contributed by atoms with E-state index in [2.05, 4.69) is 18.4 Å². The van der Waals surface area contributed by atoms with Crippen molar-refractivity contribution in [1.82, 2.24) is 5.43 Å². The Morgan fingerprint density at radius 1 is 1.21 bits per heavy atom. The summed E-state index contributed by atoms with van der Waals surface area (Å²) in [5.41, 5.74) is 5.10. The van der Waals surface area contributed by atoms with E-state index in [4.69, 9.17) is 22.2 Å². The van der Waals surface area contributed by atoms with Gasteiger partial charge in [-0.05, 0) is 36.2 Å². The second-order valence-electron chi connectivity index (χ2n) is 4.34. The van der Waals surface area contributed by atoms with E-state index >= 15 is 0 Å². The maximum absolute atomic E-state index is 5.92. The van der Waals surface area contributed by atoms with E-state index in [-0.39, 0.29) is 6.04 Å². The fraction of sp³-hybridized carbons (Fsp3) is 0.200. The zero-order chi connectivity index (χ0) is 13.7. The van der Waals surface area contributed by atoms with E-state index < -0.39 is 0 Å². The van der Waals surface area contributed by atoms with Gasteiger partial charge < -0.3 is 4.74 Å². The van der Waals surface area contributed by atoms with E-state index in [1.165, 1.54) is 5.56 Å². The minimum atomic E-state index is -0.0554. The van der Waals surface area contributed by atoms with Crippen LogP contribution in [0.3, 0.4) is 0 Å². The lowest BCUT2D eigenvalue weighted by Gasteiger charge is -2.19. The SMILES string of the molecule is Cc1ccccc1C(COc1cccc(Cl)c1)NN. The minimum absolute atomic E-state index is 0.0554. The lowest BCUT2D eigenvalue weighted by Crippen LogP contribution is -2.32. The molecule has 0 heterocycles. The van der Waals surface area contributed by atoms with Crippen LogP contribution in [0.4, 0.5) is 0 Å². The molecule has 0 fully saturated rings. The monoisotopic (exact) mass is 276 g/mol. The Morgan fingerprint density at radius 2 is 2.00 bits per heavy atom. The second-order valence-corrected chi connectivity index (χ2v) is 4.78. The first kappa shape index (κ1) is 13.9. The smallest absolute Gasteiger partial charge is 0.120 e. The fourth-order valence-corrected chi connectivity index (χ4v) is 2.12. The Balaban J connectivity index is 2.06. The summed E-state index contributed by atoms with van der Waals surface area (Å²) in [7, 11) is 0. The Hall–Kier alpha value is -1.55. The van der Waals surface area contributed by atoms with Crippen molar-refractivity contribution < 1.29 is 4.74 Å². The number of benzene rings is 2. The van der Waals surface area contributed by atoms with Gasteiger partial charge in [-0.25, -0.2) is 5.43 Å². The molecule has 0 bridgehead atoms. The van der Waals surface area contributed by atoms with Gasteiger partial charge in [0.15, 0.2) is 0 Å². The van der Waals surface area contributed by atoms with Crippen molar-refractivity contribution in [1.29, 1.82) is 0 Å². The average molecular weight is 277 g/mol. The molecule has 2 aromatic carbocycles. The van der Waals surface area contributed by atoms with Gasteiger partial charge in [0.2, 0.25) is 0 Å². The number of halogens is 1. The first-order valence-electron chi connectivity index (χ1n) is 6.10. The van der Waals surface area contributed by atoms with Gasteiger partial charge in [0.05, 0.1) is 6.04 Å². The molecule has 0 aromatic heterocycles. The predicted octanol–water partition coefficient (Wildman–Crippen LogP) is 3.23. The standard InChI is InChI=1S/C15H17ClN2O/c1-11-5-2-3-8-14(11)15(18-17)10-19-13-7-4-6-12(16)9-13/h2-9,15,18H,10,17H2,1H3.